The molecular formula is C21H34ClN3O4. The van der Waals surface area contributed by atoms with Gasteiger partial charge in [0.1, 0.15) is 5.75 Å². The van der Waals surface area contributed by atoms with Gasteiger partial charge in [0.05, 0.1) is 25.7 Å². The van der Waals surface area contributed by atoms with E-state index < -0.39 is 6.04 Å². The molecule has 0 bridgehead atoms. The van der Waals surface area contributed by atoms with E-state index in [1.54, 1.807) is 7.11 Å². The van der Waals surface area contributed by atoms with Crippen LogP contribution >= 0.6 is 12.4 Å². The molecule has 1 aromatic rings. The van der Waals surface area contributed by atoms with Crippen molar-refractivity contribution in [2.24, 2.45) is 5.41 Å². The summed E-state index contributed by atoms with van der Waals surface area (Å²) in [5, 5.41) is 9.30. The van der Waals surface area contributed by atoms with Gasteiger partial charge < -0.3 is 25.4 Å². The van der Waals surface area contributed by atoms with Gasteiger partial charge >= 0.3 is 0 Å². The Morgan fingerprint density at radius 2 is 1.93 bits per heavy atom. The average molecular weight is 428 g/mol. The average Bonchev–Trinajstić information content (AvgIpc) is 2.67. The lowest BCUT2D eigenvalue weighted by molar-refractivity contribution is -0.123. The van der Waals surface area contributed by atoms with E-state index in [1.165, 1.54) is 6.92 Å². The number of hydrogen-bond acceptors (Lipinski definition) is 5. The molecule has 29 heavy (non-hydrogen) atoms. The highest BCUT2D eigenvalue weighted by Crippen LogP contribution is 2.29. The Balaban J connectivity index is 0.00000420. The van der Waals surface area contributed by atoms with Crippen molar-refractivity contribution in [2.45, 2.75) is 39.2 Å². The number of methoxy groups -OCH3 is 1. The topological polar surface area (TPSA) is 88.7 Å². The molecule has 0 spiro atoms. The van der Waals surface area contributed by atoms with Crippen LogP contribution in [-0.2, 0) is 14.3 Å². The van der Waals surface area contributed by atoms with Crippen LogP contribution in [0.1, 0.15) is 44.7 Å². The quantitative estimate of drug-likeness (QED) is 0.532. The van der Waals surface area contributed by atoms with Crippen LogP contribution in [0.5, 0.6) is 5.75 Å². The Bertz CT molecular complexity index is 645. The fourth-order valence-electron chi connectivity index (χ4n) is 3.72. The molecule has 7 nitrogen and oxygen atoms in total. The molecule has 1 aromatic carbocycles. The minimum absolute atomic E-state index is 0. The number of amides is 2. The standard InChI is InChI=1S/C21H33N3O4.ClH/c1-4-28-19-8-6-5-7-17(19)18(24-16(2)25)13-20(26)23-14-21(15-27-3)9-11-22-12-10-21;/h5-8,18,22H,4,9-15H2,1-3H3,(H,23,26)(H,24,25);1H. The Kier molecular flexibility index (Phi) is 11.0. The second-order valence-electron chi connectivity index (χ2n) is 7.39. The molecule has 1 fully saturated rings. The minimum Gasteiger partial charge on any atom is -0.494 e. The van der Waals surface area contributed by atoms with Crippen molar-refractivity contribution in [1.29, 1.82) is 0 Å². The monoisotopic (exact) mass is 427 g/mol. The first-order chi connectivity index (χ1) is 13.5. The van der Waals surface area contributed by atoms with Crippen molar-refractivity contribution in [3.8, 4) is 5.75 Å². The Hall–Kier alpha value is -1.83. The van der Waals surface area contributed by atoms with E-state index in [0.717, 1.165) is 31.5 Å². The molecule has 2 amide bonds. The molecule has 2 rings (SSSR count). The number of benzene rings is 1. The number of nitrogens with one attached hydrogen (secondary N) is 3. The summed E-state index contributed by atoms with van der Waals surface area (Å²) in [5.41, 5.74) is 0.769. The molecule has 0 radical (unpaired) electrons. The van der Waals surface area contributed by atoms with E-state index >= 15 is 0 Å². The van der Waals surface area contributed by atoms with Gasteiger partial charge in [-0.2, -0.15) is 0 Å². The van der Waals surface area contributed by atoms with Gasteiger partial charge in [0.15, 0.2) is 0 Å². The van der Waals surface area contributed by atoms with Gasteiger partial charge in [0.2, 0.25) is 11.8 Å². The summed E-state index contributed by atoms with van der Waals surface area (Å²) < 4.78 is 11.1. The molecule has 0 saturated carbocycles. The van der Waals surface area contributed by atoms with Crippen molar-refractivity contribution in [3.63, 3.8) is 0 Å². The zero-order valence-electron chi connectivity index (χ0n) is 17.6. The van der Waals surface area contributed by atoms with Crippen LogP contribution in [0.3, 0.4) is 0 Å². The lowest BCUT2D eigenvalue weighted by Crippen LogP contribution is -2.47. The summed E-state index contributed by atoms with van der Waals surface area (Å²) in [5.74, 6) is 0.406. The predicted molar refractivity (Wildman–Crippen MR) is 115 cm³/mol. The molecule has 0 aromatic heterocycles. The van der Waals surface area contributed by atoms with Crippen molar-refractivity contribution in [1.82, 2.24) is 16.0 Å². The second kappa shape index (κ2) is 12.7. The maximum atomic E-state index is 12.7. The van der Waals surface area contributed by atoms with Crippen molar-refractivity contribution >= 4 is 24.2 Å². The van der Waals surface area contributed by atoms with Gasteiger partial charge in [0.25, 0.3) is 0 Å². The van der Waals surface area contributed by atoms with Crippen LogP contribution in [0, 0.1) is 5.41 Å². The molecule has 1 saturated heterocycles. The zero-order valence-corrected chi connectivity index (χ0v) is 18.4. The summed E-state index contributed by atoms with van der Waals surface area (Å²) in [6, 6.07) is 7.07. The van der Waals surface area contributed by atoms with Crippen LogP contribution in [0.4, 0.5) is 0 Å². The molecule has 1 atom stereocenters. The summed E-state index contributed by atoms with van der Waals surface area (Å²) >= 11 is 0. The Labute approximate surface area is 179 Å². The molecule has 1 unspecified atom stereocenters. The normalized spacial score (nSPS) is 16.2. The third-order valence-electron chi connectivity index (χ3n) is 5.14. The fourth-order valence-corrected chi connectivity index (χ4v) is 3.72. The maximum Gasteiger partial charge on any atom is 0.222 e. The third-order valence-corrected chi connectivity index (χ3v) is 5.14. The first-order valence-corrected chi connectivity index (χ1v) is 9.95. The first-order valence-electron chi connectivity index (χ1n) is 9.95. The molecule has 1 aliphatic rings. The van der Waals surface area contributed by atoms with Crippen molar-refractivity contribution in [3.05, 3.63) is 29.8 Å². The highest BCUT2D eigenvalue weighted by molar-refractivity contribution is 5.85. The van der Waals surface area contributed by atoms with E-state index in [1.807, 2.05) is 31.2 Å². The third kappa shape index (κ3) is 7.84. The van der Waals surface area contributed by atoms with Gasteiger partial charge in [0, 0.05) is 31.6 Å². The molecular weight excluding hydrogens is 394 g/mol. The summed E-state index contributed by atoms with van der Waals surface area (Å²) in [6.07, 6.45) is 2.08. The van der Waals surface area contributed by atoms with Gasteiger partial charge in [-0.1, -0.05) is 18.2 Å². The van der Waals surface area contributed by atoms with Gasteiger partial charge in [-0.25, -0.2) is 0 Å². The van der Waals surface area contributed by atoms with Gasteiger partial charge in [-0.05, 0) is 38.9 Å². The molecule has 1 aliphatic heterocycles. The van der Waals surface area contributed by atoms with E-state index in [0.29, 0.717) is 25.5 Å². The molecule has 8 heteroatoms. The molecule has 1 heterocycles. The fraction of sp³-hybridized carbons (Fsp3) is 0.619. The number of para-hydroxylation sites is 1. The summed E-state index contributed by atoms with van der Waals surface area (Å²) in [4.78, 5) is 24.4. The zero-order chi connectivity index (χ0) is 20.4. The van der Waals surface area contributed by atoms with Crippen LogP contribution in [-0.4, -0.2) is 51.8 Å². The number of carbonyl (C=O) groups excluding carboxylic acids is 2. The van der Waals surface area contributed by atoms with Crippen LogP contribution < -0.4 is 20.7 Å². The van der Waals surface area contributed by atoms with E-state index in [2.05, 4.69) is 16.0 Å². The number of hydrogen-bond donors (Lipinski definition) is 3. The summed E-state index contributed by atoms with van der Waals surface area (Å²) in [6.45, 7) is 6.93. The number of rotatable bonds is 10. The number of halogens is 1. The van der Waals surface area contributed by atoms with Crippen LogP contribution in [0.2, 0.25) is 0 Å². The highest BCUT2D eigenvalue weighted by Gasteiger charge is 2.33. The number of ether oxygens (including phenoxy) is 2. The number of carbonyl (C=O) groups is 2. The Morgan fingerprint density at radius 3 is 2.55 bits per heavy atom. The van der Waals surface area contributed by atoms with E-state index in [-0.39, 0.29) is 36.1 Å². The number of piperidine rings is 1. The van der Waals surface area contributed by atoms with Gasteiger partial charge in [-0.3, -0.25) is 9.59 Å². The molecule has 3 N–H and O–H groups in total. The lowest BCUT2D eigenvalue weighted by atomic mass is 9.79. The molecule has 164 valence electrons. The minimum atomic E-state index is -0.438. The van der Waals surface area contributed by atoms with Crippen molar-refractivity contribution in [2.75, 3.05) is 40.0 Å². The predicted octanol–water partition coefficient (Wildman–Crippen LogP) is 2.21. The molecule has 0 aliphatic carbocycles. The SMILES string of the molecule is CCOc1ccccc1C(CC(=O)NCC1(COC)CCNCC1)NC(C)=O.Cl. The lowest BCUT2D eigenvalue weighted by Gasteiger charge is -2.37. The Morgan fingerprint density at radius 1 is 1.24 bits per heavy atom. The first kappa shape index (κ1) is 25.2. The smallest absolute Gasteiger partial charge is 0.222 e. The second-order valence-corrected chi connectivity index (χ2v) is 7.39. The summed E-state index contributed by atoms with van der Waals surface area (Å²) in [7, 11) is 1.70. The van der Waals surface area contributed by atoms with Crippen molar-refractivity contribution < 1.29 is 19.1 Å². The maximum absolute atomic E-state index is 12.7. The largest absolute Gasteiger partial charge is 0.494 e. The van der Waals surface area contributed by atoms with Crippen LogP contribution in [0.25, 0.3) is 0 Å². The van der Waals surface area contributed by atoms with E-state index in [9.17, 15) is 9.59 Å². The van der Waals surface area contributed by atoms with E-state index in [4.69, 9.17) is 9.47 Å². The van der Waals surface area contributed by atoms with Gasteiger partial charge in [-0.15, -0.1) is 12.4 Å². The highest BCUT2D eigenvalue weighted by atomic mass is 35.5. The van der Waals surface area contributed by atoms with Crippen LogP contribution in [0.15, 0.2) is 24.3 Å².